The fourth-order valence-corrected chi connectivity index (χ4v) is 5.43. The van der Waals surface area contributed by atoms with Crippen LogP contribution in [0.5, 0.6) is 0 Å². The van der Waals surface area contributed by atoms with Crippen molar-refractivity contribution in [2.75, 3.05) is 0 Å². The number of nitrogens with one attached hydrogen (secondary N) is 3. The summed E-state index contributed by atoms with van der Waals surface area (Å²) in [5.41, 5.74) is -1.89. The van der Waals surface area contributed by atoms with Crippen LogP contribution in [0.1, 0.15) is 49.8 Å². The topological polar surface area (TPSA) is 125 Å². The highest BCUT2D eigenvalue weighted by molar-refractivity contribution is 7.89. The molecular weight excluding hydrogens is 506 g/mol. The Hall–Kier alpha value is -3.19. The normalized spacial score (nSPS) is 21.4. The molecule has 4 N–H and O–H groups in total. The van der Waals surface area contributed by atoms with Crippen LogP contribution in [0.15, 0.2) is 53.4 Å². The van der Waals surface area contributed by atoms with E-state index >= 15 is 0 Å². The van der Waals surface area contributed by atoms with E-state index in [4.69, 9.17) is 0 Å². The van der Waals surface area contributed by atoms with E-state index in [1.807, 2.05) is 0 Å². The zero-order valence-electron chi connectivity index (χ0n) is 19.1. The highest BCUT2D eigenvalue weighted by Gasteiger charge is 2.44. The number of halogens is 4. The third kappa shape index (κ3) is 6.52. The maximum absolute atomic E-state index is 13.2. The predicted molar refractivity (Wildman–Crippen MR) is 121 cm³/mol. The zero-order valence-corrected chi connectivity index (χ0v) is 19.9. The van der Waals surface area contributed by atoms with Gasteiger partial charge in [0.2, 0.25) is 15.9 Å². The van der Waals surface area contributed by atoms with Gasteiger partial charge >= 0.3 is 12.3 Å². The lowest BCUT2D eigenvalue weighted by atomic mass is 9.78. The number of sulfonamides is 1. The second kappa shape index (κ2) is 10.4. The van der Waals surface area contributed by atoms with Crippen LogP contribution in [0.3, 0.4) is 0 Å². The standard InChI is InChI=1S/C23H25F4N3O5S/c1-14(15-2-6-17(24)7-3-15)28-20(31)22(29-21(32)33)12-10-18(11-13-22)30-36(34,35)19-8-4-16(5-9-19)23(25,26)27/h2-9,14,18,29-30H,10-13H2,1H3,(H,28,31)(H,32,33)/t14-,18?,22?/m1/s1. The fraction of sp³-hybridized carbons (Fsp3) is 0.391. The number of hydrogen-bond donors (Lipinski definition) is 4. The van der Waals surface area contributed by atoms with E-state index in [1.165, 1.54) is 24.3 Å². The number of hydrogen-bond acceptors (Lipinski definition) is 4. The van der Waals surface area contributed by atoms with Gasteiger partial charge in [0, 0.05) is 6.04 Å². The summed E-state index contributed by atoms with van der Waals surface area (Å²) in [6, 6.07) is 7.28. The average Bonchev–Trinajstić information content (AvgIpc) is 2.80. The maximum Gasteiger partial charge on any atom is 0.416 e. The van der Waals surface area contributed by atoms with E-state index in [0.717, 1.165) is 12.1 Å². The lowest BCUT2D eigenvalue weighted by Gasteiger charge is -2.39. The monoisotopic (exact) mass is 531 g/mol. The second-order valence-electron chi connectivity index (χ2n) is 8.68. The van der Waals surface area contributed by atoms with Gasteiger partial charge in [-0.3, -0.25) is 4.79 Å². The molecule has 0 spiro atoms. The van der Waals surface area contributed by atoms with Gasteiger partial charge in [0.1, 0.15) is 11.4 Å². The van der Waals surface area contributed by atoms with Crippen LogP contribution in [0.2, 0.25) is 0 Å². The molecule has 13 heteroatoms. The van der Waals surface area contributed by atoms with Gasteiger partial charge in [-0.2, -0.15) is 13.2 Å². The number of carbonyl (C=O) groups is 2. The highest BCUT2D eigenvalue weighted by Crippen LogP contribution is 2.32. The molecule has 1 atom stereocenters. The number of carbonyl (C=O) groups excluding carboxylic acids is 1. The number of amides is 2. The van der Waals surface area contributed by atoms with E-state index in [-0.39, 0.29) is 30.6 Å². The molecule has 1 aliphatic carbocycles. The molecule has 2 aromatic carbocycles. The van der Waals surface area contributed by atoms with Gasteiger partial charge in [0.05, 0.1) is 16.5 Å². The van der Waals surface area contributed by atoms with Crippen molar-refractivity contribution in [1.82, 2.24) is 15.4 Å². The molecule has 2 amide bonds. The largest absolute Gasteiger partial charge is 0.465 e. The fourth-order valence-electron chi connectivity index (χ4n) is 4.12. The van der Waals surface area contributed by atoms with Crippen molar-refractivity contribution < 1.29 is 40.7 Å². The molecule has 0 aliphatic heterocycles. The summed E-state index contributed by atoms with van der Waals surface area (Å²) in [5, 5.41) is 14.3. The van der Waals surface area contributed by atoms with Crippen molar-refractivity contribution in [2.45, 2.75) is 61.3 Å². The van der Waals surface area contributed by atoms with E-state index in [2.05, 4.69) is 15.4 Å². The molecule has 0 bridgehead atoms. The molecular formula is C23H25F4N3O5S. The molecule has 36 heavy (non-hydrogen) atoms. The lowest BCUT2D eigenvalue weighted by molar-refractivity contribution is -0.137. The third-order valence-electron chi connectivity index (χ3n) is 6.15. The number of rotatable bonds is 7. The Balaban J connectivity index is 1.68. The lowest BCUT2D eigenvalue weighted by Crippen LogP contribution is -2.61. The van der Waals surface area contributed by atoms with Gasteiger partial charge in [0.15, 0.2) is 0 Å². The van der Waals surface area contributed by atoms with Crippen LogP contribution in [0.4, 0.5) is 22.4 Å². The second-order valence-corrected chi connectivity index (χ2v) is 10.4. The summed E-state index contributed by atoms with van der Waals surface area (Å²) >= 11 is 0. The molecule has 0 radical (unpaired) electrons. The number of alkyl halides is 3. The average molecular weight is 532 g/mol. The van der Waals surface area contributed by atoms with Crippen molar-refractivity contribution >= 4 is 22.0 Å². The highest BCUT2D eigenvalue weighted by atomic mass is 32.2. The Bertz CT molecular complexity index is 1190. The Morgan fingerprint density at radius 2 is 1.58 bits per heavy atom. The molecule has 1 fully saturated rings. The smallest absolute Gasteiger partial charge is 0.416 e. The molecule has 1 saturated carbocycles. The Morgan fingerprint density at radius 1 is 1.03 bits per heavy atom. The third-order valence-corrected chi connectivity index (χ3v) is 7.69. The maximum atomic E-state index is 13.2. The minimum atomic E-state index is -4.60. The van der Waals surface area contributed by atoms with Gasteiger partial charge in [-0.05, 0) is 74.6 Å². The Kier molecular flexibility index (Phi) is 7.94. The Labute approximate surface area is 205 Å². The summed E-state index contributed by atoms with van der Waals surface area (Å²) in [6.45, 7) is 1.66. The van der Waals surface area contributed by atoms with Crippen molar-refractivity contribution in [3.05, 3.63) is 65.5 Å². The molecule has 3 rings (SSSR count). The van der Waals surface area contributed by atoms with Gasteiger partial charge in [-0.1, -0.05) is 12.1 Å². The Morgan fingerprint density at radius 3 is 2.08 bits per heavy atom. The molecule has 0 saturated heterocycles. The van der Waals surface area contributed by atoms with Crippen molar-refractivity contribution in [3.63, 3.8) is 0 Å². The number of benzene rings is 2. The van der Waals surface area contributed by atoms with Gasteiger partial charge in [-0.15, -0.1) is 0 Å². The van der Waals surface area contributed by atoms with E-state index in [9.17, 15) is 40.7 Å². The molecule has 2 aromatic rings. The minimum absolute atomic E-state index is 0.0263. The molecule has 8 nitrogen and oxygen atoms in total. The predicted octanol–water partition coefficient (Wildman–Crippen LogP) is 3.95. The molecule has 0 aromatic heterocycles. The van der Waals surface area contributed by atoms with Crippen LogP contribution in [-0.4, -0.2) is 37.1 Å². The SMILES string of the molecule is C[C@@H](NC(=O)C1(NC(=O)O)CCC(NS(=O)(=O)c2ccc(C(F)(F)F)cc2)CC1)c1ccc(F)cc1. The number of carboxylic acid groups (broad SMARTS) is 1. The summed E-state index contributed by atoms with van der Waals surface area (Å²) in [4.78, 5) is 24.2. The zero-order chi connectivity index (χ0) is 26.7. The van der Waals surface area contributed by atoms with Crippen LogP contribution >= 0.6 is 0 Å². The van der Waals surface area contributed by atoms with Crippen LogP contribution in [0, 0.1) is 5.82 Å². The first-order valence-corrected chi connectivity index (χ1v) is 12.5. The van der Waals surface area contributed by atoms with Gasteiger partial charge < -0.3 is 15.7 Å². The molecule has 0 heterocycles. The van der Waals surface area contributed by atoms with Crippen molar-refractivity contribution in [2.24, 2.45) is 0 Å². The van der Waals surface area contributed by atoms with E-state index < -0.39 is 57.2 Å². The van der Waals surface area contributed by atoms with E-state index in [1.54, 1.807) is 6.92 Å². The first kappa shape index (κ1) is 27.4. The van der Waals surface area contributed by atoms with E-state index in [0.29, 0.717) is 17.7 Å². The molecule has 196 valence electrons. The van der Waals surface area contributed by atoms with Crippen molar-refractivity contribution in [3.8, 4) is 0 Å². The summed E-state index contributed by atoms with van der Waals surface area (Å²) in [7, 11) is -4.15. The minimum Gasteiger partial charge on any atom is -0.465 e. The summed E-state index contributed by atoms with van der Waals surface area (Å²) in [5.74, 6) is -1.05. The van der Waals surface area contributed by atoms with Crippen LogP contribution < -0.4 is 15.4 Å². The van der Waals surface area contributed by atoms with Crippen molar-refractivity contribution in [1.29, 1.82) is 0 Å². The summed E-state index contributed by atoms with van der Waals surface area (Å²) < 4.78 is 79.1. The van der Waals surface area contributed by atoms with Crippen LogP contribution in [0.25, 0.3) is 0 Å². The van der Waals surface area contributed by atoms with Crippen LogP contribution in [-0.2, 0) is 21.0 Å². The van der Waals surface area contributed by atoms with Gasteiger partial charge in [-0.25, -0.2) is 22.3 Å². The molecule has 1 aliphatic rings. The quantitative estimate of drug-likeness (QED) is 0.403. The molecule has 0 unspecified atom stereocenters. The first-order valence-electron chi connectivity index (χ1n) is 11.0. The first-order chi connectivity index (χ1) is 16.7. The van der Waals surface area contributed by atoms with Gasteiger partial charge in [0.25, 0.3) is 0 Å². The summed E-state index contributed by atoms with van der Waals surface area (Å²) in [6.07, 6.45) is -5.89.